The number of hydrogen-bond acceptors (Lipinski definition) is 3. The molecule has 1 heterocycles. The van der Waals surface area contributed by atoms with Gasteiger partial charge in [-0.15, -0.1) is 0 Å². The van der Waals surface area contributed by atoms with Crippen LogP contribution in [0.15, 0.2) is 36.4 Å². The molecule has 0 saturated heterocycles. The van der Waals surface area contributed by atoms with Crippen LogP contribution >= 0.6 is 12.2 Å². The summed E-state index contributed by atoms with van der Waals surface area (Å²) in [5.74, 6) is -0.245. The van der Waals surface area contributed by atoms with Gasteiger partial charge < -0.3 is 5.32 Å². The number of rotatable bonds is 7. The molecule has 0 spiro atoms. The average Bonchev–Trinajstić information content (AvgIpc) is 2.69. The second-order valence-corrected chi connectivity index (χ2v) is 7.30. The largest absolute Gasteiger partial charge is 0.361 e. The topological polar surface area (TPSA) is 61.4 Å². The number of hydrogen-bond donors (Lipinski definition) is 2. The third-order valence-corrected chi connectivity index (χ3v) is 5.32. The van der Waals surface area contributed by atoms with Crippen molar-refractivity contribution in [2.24, 2.45) is 5.92 Å². The molecule has 0 aromatic heterocycles. The van der Waals surface area contributed by atoms with Crippen molar-refractivity contribution in [2.45, 2.75) is 39.5 Å². The number of thiocarbonyl (C=S) groups is 1. The van der Waals surface area contributed by atoms with E-state index in [0.717, 1.165) is 29.8 Å². The summed E-state index contributed by atoms with van der Waals surface area (Å²) in [6.07, 6.45) is 4.55. The van der Waals surface area contributed by atoms with Gasteiger partial charge in [0.1, 0.15) is 0 Å². The molecule has 5 nitrogen and oxygen atoms in total. The Morgan fingerprint density at radius 1 is 1.07 bits per heavy atom. The molecule has 2 N–H and O–H groups in total. The highest BCUT2D eigenvalue weighted by atomic mass is 32.1. The number of amides is 2. The molecule has 0 aliphatic carbocycles. The second kappa shape index (κ2) is 8.48. The fourth-order valence-electron chi connectivity index (χ4n) is 3.45. The van der Waals surface area contributed by atoms with Crippen LogP contribution in [0.5, 0.6) is 0 Å². The molecule has 27 heavy (non-hydrogen) atoms. The Kier molecular flexibility index (Phi) is 6.06. The van der Waals surface area contributed by atoms with Crippen molar-refractivity contribution < 1.29 is 9.59 Å². The van der Waals surface area contributed by atoms with E-state index in [2.05, 4.69) is 24.6 Å². The lowest BCUT2D eigenvalue weighted by Crippen LogP contribution is -2.54. The van der Waals surface area contributed by atoms with Gasteiger partial charge in [-0.1, -0.05) is 57.4 Å². The summed E-state index contributed by atoms with van der Waals surface area (Å²) in [5, 5.41) is 6.05. The molecule has 0 fully saturated rings. The zero-order valence-electron chi connectivity index (χ0n) is 15.7. The summed E-state index contributed by atoms with van der Waals surface area (Å²) in [6.45, 7) is 5.07. The maximum absolute atomic E-state index is 12.8. The number of carbonyl (C=O) groups is 2. The second-order valence-electron chi connectivity index (χ2n) is 6.89. The number of imide groups is 1. The van der Waals surface area contributed by atoms with Gasteiger partial charge in [-0.25, -0.2) is 0 Å². The van der Waals surface area contributed by atoms with Crippen LogP contribution in [-0.2, 0) is 0 Å². The summed E-state index contributed by atoms with van der Waals surface area (Å²) in [6, 6.07) is 10.9. The Bertz CT molecular complexity index is 830. The first kappa shape index (κ1) is 19.3. The van der Waals surface area contributed by atoms with Crippen molar-refractivity contribution in [1.82, 2.24) is 15.8 Å². The van der Waals surface area contributed by atoms with Crippen molar-refractivity contribution in [2.75, 3.05) is 6.54 Å². The standard InChI is InChI=1S/C21H25N3O2S/c1-3-5-8-14(4-2)13-22-21(27)23-24-19(25)16-11-6-9-15-10-7-12-17(18(15)16)20(24)26/h6-7,9-12,14H,3-5,8,13H2,1-2H3,(H2,22,23,27)/t14-/m0/s1. The predicted octanol–water partition coefficient (Wildman–Crippen LogP) is 4.03. The van der Waals surface area contributed by atoms with Crippen molar-refractivity contribution in [3.05, 3.63) is 47.5 Å². The van der Waals surface area contributed by atoms with Gasteiger partial charge >= 0.3 is 0 Å². The van der Waals surface area contributed by atoms with Gasteiger partial charge in [0.2, 0.25) is 0 Å². The van der Waals surface area contributed by atoms with E-state index in [9.17, 15) is 9.59 Å². The molecule has 1 aliphatic rings. The van der Waals surface area contributed by atoms with Crippen LogP contribution in [0.1, 0.15) is 60.2 Å². The van der Waals surface area contributed by atoms with E-state index in [1.165, 1.54) is 12.8 Å². The third kappa shape index (κ3) is 3.95. The molecule has 142 valence electrons. The molecule has 2 amide bonds. The molecule has 0 unspecified atom stereocenters. The third-order valence-electron chi connectivity index (χ3n) is 5.08. The van der Waals surface area contributed by atoms with Gasteiger partial charge in [-0.2, -0.15) is 5.01 Å². The Balaban J connectivity index is 1.72. The lowest BCUT2D eigenvalue weighted by atomic mass is 9.95. The molecule has 0 saturated carbocycles. The van der Waals surface area contributed by atoms with Gasteiger partial charge in [-0.05, 0) is 42.1 Å². The lowest BCUT2D eigenvalue weighted by molar-refractivity contribution is 0.0566. The Labute approximate surface area is 165 Å². The van der Waals surface area contributed by atoms with E-state index in [-0.39, 0.29) is 11.8 Å². The first-order valence-electron chi connectivity index (χ1n) is 9.51. The summed E-state index contributed by atoms with van der Waals surface area (Å²) < 4.78 is 0. The highest BCUT2D eigenvalue weighted by Crippen LogP contribution is 2.29. The van der Waals surface area contributed by atoms with Gasteiger partial charge in [0.15, 0.2) is 5.11 Å². The summed E-state index contributed by atoms with van der Waals surface area (Å²) >= 11 is 5.33. The molecule has 2 aromatic rings. The van der Waals surface area contributed by atoms with E-state index in [1.807, 2.05) is 24.3 Å². The fraction of sp³-hybridized carbons (Fsp3) is 0.381. The zero-order valence-corrected chi connectivity index (χ0v) is 16.6. The Morgan fingerprint density at radius 3 is 2.26 bits per heavy atom. The van der Waals surface area contributed by atoms with Crippen LogP contribution < -0.4 is 10.7 Å². The van der Waals surface area contributed by atoms with Crippen molar-refractivity contribution >= 4 is 39.9 Å². The monoisotopic (exact) mass is 383 g/mol. The van der Waals surface area contributed by atoms with Crippen molar-refractivity contribution in [3.8, 4) is 0 Å². The number of benzene rings is 2. The molecule has 6 heteroatoms. The summed E-state index contributed by atoms with van der Waals surface area (Å²) in [4.78, 5) is 25.7. The maximum Gasteiger partial charge on any atom is 0.280 e. The molecule has 1 atom stereocenters. The molecule has 0 bridgehead atoms. The zero-order chi connectivity index (χ0) is 19.4. The molecule has 3 rings (SSSR count). The SMILES string of the molecule is CCCC[C@H](CC)CNC(=S)NN1C(=O)c2cccc3cccc(c23)C1=O. The van der Waals surface area contributed by atoms with Crippen LogP contribution in [0.3, 0.4) is 0 Å². The maximum atomic E-state index is 12.8. The highest BCUT2D eigenvalue weighted by Gasteiger charge is 2.33. The lowest BCUT2D eigenvalue weighted by Gasteiger charge is -2.28. The fourth-order valence-corrected chi connectivity index (χ4v) is 3.63. The summed E-state index contributed by atoms with van der Waals surface area (Å²) in [7, 11) is 0. The number of nitrogens with zero attached hydrogens (tertiary/aromatic N) is 1. The minimum atomic E-state index is -0.383. The normalized spacial score (nSPS) is 14.4. The predicted molar refractivity (Wildman–Crippen MR) is 111 cm³/mol. The van der Waals surface area contributed by atoms with E-state index >= 15 is 0 Å². The Morgan fingerprint density at radius 2 is 1.70 bits per heavy atom. The quantitative estimate of drug-likeness (QED) is 0.558. The summed E-state index contributed by atoms with van der Waals surface area (Å²) in [5.41, 5.74) is 3.81. The van der Waals surface area contributed by atoms with Crippen LogP contribution in [0, 0.1) is 5.92 Å². The number of carbonyl (C=O) groups excluding carboxylic acids is 2. The number of unbranched alkanes of at least 4 members (excludes halogenated alkanes) is 1. The van der Waals surface area contributed by atoms with E-state index in [1.54, 1.807) is 12.1 Å². The molecule has 0 radical (unpaired) electrons. The average molecular weight is 384 g/mol. The minimum absolute atomic E-state index is 0.290. The van der Waals surface area contributed by atoms with Crippen LogP contribution in [0.4, 0.5) is 0 Å². The number of hydrazine groups is 1. The highest BCUT2D eigenvalue weighted by molar-refractivity contribution is 7.80. The van der Waals surface area contributed by atoms with Crippen molar-refractivity contribution in [3.63, 3.8) is 0 Å². The van der Waals surface area contributed by atoms with Crippen LogP contribution in [-0.4, -0.2) is 28.5 Å². The van der Waals surface area contributed by atoms with Crippen LogP contribution in [0.25, 0.3) is 10.8 Å². The van der Waals surface area contributed by atoms with E-state index in [0.29, 0.717) is 27.5 Å². The van der Waals surface area contributed by atoms with Gasteiger partial charge in [0.05, 0.1) is 11.1 Å². The van der Waals surface area contributed by atoms with Crippen LogP contribution in [0.2, 0.25) is 0 Å². The smallest absolute Gasteiger partial charge is 0.280 e. The number of nitrogens with one attached hydrogen (secondary N) is 2. The van der Waals surface area contributed by atoms with Crippen molar-refractivity contribution in [1.29, 1.82) is 0 Å². The minimum Gasteiger partial charge on any atom is -0.361 e. The first-order valence-corrected chi connectivity index (χ1v) is 9.92. The molecule has 2 aromatic carbocycles. The Hall–Kier alpha value is -2.47. The first-order chi connectivity index (χ1) is 13.1. The molecular weight excluding hydrogens is 358 g/mol. The van der Waals surface area contributed by atoms with E-state index < -0.39 is 0 Å². The van der Waals surface area contributed by atoms with Gasteiger partial charge in [-0.3, -0.25) is 15.0 Å². The molecule has 1 aliphatic heterocycles. The van der Waals surface area contributed by atoms with Gasteiger partial charge in [0, 0.05) is 11.9 Å². The molecular formula is C21H25N3O2S. The van der Waals surface area contributed by atoms with Gasteiger partial charge in [0.25, 0.3) is 11.8 Å². The van der Waals surface area contributed by atoms with E-state index in [4.69, 9.17) is 12.2 Å².